The van der Waals surface area contributed by atoms with Crippen LogP contribution in [-0.2, 0) is 0 Å². The van der Waals surface area contributed by atoms with E-state index in [0.717, 1.165) is 11.4 Å². The van der Waals surface area contributed by atoms with Gasteiger partial charge in [-0.1, -0.05) is 177 Å². The Labute approximate surface area is 312 Å². The smallest absolute Gasteiger partial charge is 0.0540 e. The highest BCUT2D eigenvalue weighted by Gasteiger charge is 2.16. The highest BCUT2D eigenvalue weighted by Crippen LogP contribution is 2.41. The van der Waals surface area contributed by atoms with Crippen molar-refractivity contribution in [3.05, 3.63) is 199 Å². The average molecular weight is 682 g/mol. The first-order chi connectivity index (χ1) is 26.1. The number of nitrogens with zero attached hydrogens (tertiary/aromatic N) is 1. The minimum atomic E-state index is 1.15. The summed E-state index contributed by atoms with van der Waals surface area (Å²) < 4.78 is 0. The number of fused-ring (bicyclic) bond motifs is 3. The Kier molecular flexibility index (Phi) is 9.32. The van der Waals surface area contributed by atoms with Gasteiger partial charge in [0.2, 0.25) is 0 Å². The molecule has 1 heteroatoms. The number of anilines is 3. The van der Waals surface area contributed by atoms with E-state index in [0.29, 0.717) is 0 Å². The summed E-state index contributed by atoms with van der Waals surface area (Å²) in [4.78, 5) is 2.34. The van der Waals surface area contributed by atoms with E-state index < -0.39 is 0 Å². The summed E-state index contributed by atoms with van der Waals surface area (Å²) in [6.07, 6.45) is 0. The number of hydrogen-bond donors (Lipinski definition) is 0. The topological polar surface area (TPSA) is 3.24 Å². The second kappa shape index (κ2) is 14.7. The number of rotatable bonds is 4. The molecule has 0 unspecified atom stereocenters. The highest BCUT2D eigenvalue weighted by molar-refractivity contribution is 6.33. The molecule has 53 heavy (non-hydrogen) atoms. The van der Waals surface area contributed by atoms with E-state index >= 15 is 0 Å². The van der Waals surface area contributed by atoms with Crippen molar-refractivity contribution in [3.63, 3.8) is 0 Å². The van der Waals surface area contributed by atoms with Crippen molar-refractivity contribution in [2.24, 2.45) is 0 Å². The molecule has 0 radical (unpaired) electrons. The molecular weight excluding hydrogens is 639 g/mol. The maximum absolute atomic E-state index is 2.34. The molecule has 0 aromatic heterocycles. The maximum Gasteiger partial charge on any atom is 0.0540 e. The lowest BCUT2D eigenvalue weighted by molar-refractivity contribution is 1.29. The molecule has 0 bridgehead atoms. The van der Waals surface area contributed by atoms with Gasteiger partial charge in [-0.2, -0.15) is 0 Å². The molecule has 10 aromatic rings. The van der Waals surface area contributed by atoms with Crippen molar-refractivity contribution in [2.75, 3.05) is 4.90 Å². The quantitative estimate of drug-likeness (QED) is 0.132. The summed E-state index contributed by atoms with van der Waals surface area (Å²) in [6.45, 7) is 8.32. The number of aryl methyl sites for hydroxylation is 2. The molecule has 256 valence electrons. The van der Waals surface area contributed by atoms with E-state index in [1.807, 2.05) is 13.8 Å². The lowest BCUT2D eigenvalue weighted by Crippen LogP contribution is -2.10. The Balaban J connectivity index is 0.000000152. The van der Waals surface area contributed by atoms with Crippen molar-refractivity contribution < 1.29 is 0 Å². The predicted octanol–water partition coefficient (Wildman–Crippen LogP) is 15.4. The van der Waals surface area contributed by atoms with E-state index in [1.165, 1.54) is 81.8 Å². The predicted molar refractivity (Wildman–Crippen MR) is 233 cm³/mol. The second-order valence-corrected chi connectivity index (χ2v) is 13.4. The molecule has 0 fully saturated rings. The van der Waals surface area contributed by atoms with Crippen molar-refractivity contribution >= 4 is 70.9 Å². The van der Waals surface area contributed by atoms with E-state index in [9.17, 15) is 0 Å². The van der Waals surface area contributed by atoms with Gasteiger partial charge in [-0.05, 0) is 109 Å². The van der Waals surface area contributed by atoms with Crippen molar-refractivity contribution in [1.82, 2.24) is 0 Å². The van der Waals surface area contributed by atoms with Gasteiger partial charge in [0.1, 0.15) is 0 Å². The van der Waals surface area contributed by atoms with Crippen molar-refractivity contribution in [2.45, 2.75) is 27.7 Å². The first kappa shape index (κ1) is 33.7. The van der Waals surface area contributed by atoms with Crippen molar-refractivity contribution in [3.8, 4) is 11.1 Å². The van der Waals surface area contributed by atoms with Crippen LogP contribution in [0.1, 0.15) is 25.0 Å². The van der Waals surface area contributed by atoms with Gasteiger partial charge in [0.15, 0.2) is 0 Å². The monoisotopic (exact) mass is 681 g/mol. The molecule has 0 aliphatic heterocycles. The third kappa shape index (κ3) is 6.26. The number of benzene rings is 10. The minimum Gasteiger partial charge on any atom is -0.310 e. The van der Waals surface area contributed by atoms with Crippen LogP contribution in [0, 0.1) is 13.8 Å². The Bertz CT molecular complexity index is 2740. The molecule has 10 rings (SSSR count). The first-order valence-corrected chi connectivity index (χ1v) is 18.7. The fourth-order valence-electron chi connectivity index (χ4n) is 7.75. The van der Waals surface area contributed by atoms with Gasteiger partial charge in [-0.15, -0.1) is 0 Å². The summed E-state index contributed by atoms with van der Waals surface area (Å²) in [7, 11) is 0. The van der Waals surface area contributed by atoms with E-state index in [-0.39, 0.29) is 0 Å². The first-order valence-electron chi connectivity index (χ1n) is 18.7. The largest absolute Gasteiger partial charge is 0.310 e. The molecule has 0 saturated heterocycles. The lowest BCUT2D eigenvalue weighted by Gasteiger charge is -2.27. The summed E-state index contributed by atoms with van der Waals surface area (Å²) >= 11 is 0. The van der Waals surface area contributed by atoms with E-state index in [4.69, 9.17) is 0 Å². The van der Waals surface area contributed by atoms with Gasteiger partial charge in [-0.25, -0.2) is 0 Å². The summed E-state index contributed by atoms with van der Waals surface area (Å²) in [5, 5.41) is 13.5. The third-order valence-electron chi connectivity index (χ3n) is 10.3. The standard InChI is InChI=1S/C29H23N.C21H14.C2H6/c1-22-14-18-26(19-15-22)30(29-13-7-11-25-10-5-6-12-28(25)29)27-20-16-24(17-21-27)23-8-3-2-4-9-23;1-13-11-12-19-17-9-3-6-14-5-2-8-16(20(14)17)18-10-4-7-15(13)21(18)19;1-2/h2-21H,1H3;2-12H,1H3;1-2H3. The number of hydrogen-bond acceptors (Lipinski definition) is 1. The van der Waals surface area contributed by atoms with E-state index in [2.05, 4.69) is 207 Å². The van der Waals surface area contributed by atoms with Gasteiger partial charge in [0.05, 0.1) is 5.69 Å². The van der Waals surface area contributed by atoms with Gasteiger partial charge < -0.3 is 4.90 Å². The second-order valence-electron chi connectivity index (χ2n) is 13.4. The van der Waals surface area contributed by atoms with Crippen LogP contribution in [0.15, 0.2) is 188 Å². The molecule has 10 aromatic carbocycles. The summed E-state index contributed by atoms with van der Waals surface area (Å²) in [6, 6.07) is 67.6. The molecule has 1 nitrogen and oxygen atoms in total. The highest BCUT2D eigenvalue weighted by atomic mass is 15.1. The van der Waals surface area contributed by atoms with E-state index in [1.54, 1.807) is 0 Å². The fourth-order valence-corrected chi connectivity index (χ4v) is 7.75. The Morgan fingerprint density at radius 2 is 0.792 bits per heavy atom. The van der Waals surface area contributed by atoms with Crippen LogP contribution >= 0.6 is 0 Å². The van der Waals surface area contributed by atoms with Gasteiger partial charge >= 0.3 is 0 Å². The Morgan fingerprint density at radius 3 is 1.49 bits per heavy atom. The lowest BCUT2D eigenvalue weighted by atomic mass is 9.89. The Morgan fingerprint density at radius 1 is 0.321 bits per heavy atom. The zero-order valence-electron chi connectivity index (χ0n) is 30.8. The molecule has 0 aliphatic carbocycles. The van der Waals surface area contributed by atoms with Crippen LogP contribution in [0.25, 0.3) is 65.0 Å². The molecule has 0 aliphatic rings. The molecule has 0 amide bonds. The average Bonchev–Trinajstić information content (AvgIpc) is 3.23. The van der Waals surface area contributed by atoms with Crippen LogP contribution in [0.3, 0.4) is 0 Å². The molecule has 0 spiro atoms. The van der Waals surface area contributed by atoms with Gasteiger partial charge in [0.25, 0.3) is 0 Å². The minimum absolute atomic E-state index is 1.15. The van der Waals surface area contributed by atoms with Crippen LogP contribution in [0.5, 0.6) is 0 Å². The van der Waals surface area contributed by atoms with Crippen LogP contribution in [0.4, 0.5) is 17.1 Å². The van der Waals surface area contributed by atoms with Gasteiger partial charge in [-0.3, -0.25) is 0 Å². The normalized spacial score (nSPS) is 11.0. The van der Waals surface area contributed by atoms with Crippen molar-refractivity contribution in [1.29, 1.82) is 0 Å². The molecule has 0 saturated carbocycles. The summed E-state index contributed by atoms with van der Waals surface area (Å²) in [5.41, 5.74) is 8.55. The zero-order chi connectivity index (χ0) is 36.3. The fraction of sp³-hybridized carbons (Fsp3) is 0.0769. The zero-order valence-corrected chi connectivity index (χ0v) is 30.8. The molecule has 0 atom stereocenters. The molecule has 0 N–H and O–H groups in total. The van der Waals surface area contributed by atoms with Crippen LogP contribution in [-0.4, -0.2) is 0 Å². The van der Waals surface area contributed by atoms with Crippen LogP contribution in [0.2, 0.25) is 0 Å². The third-order valence-corrected chi connectivity index (χ3v) is 10.3. The van der Waals surface area contributed by atoms with Crippen LogP contribution < -0.4 is 4.90 Å². The van der Waals surface area contributed by atoms with Gasteiger partial charge in [0, 0.05) is 16.8 Å². The maximum atomic E-state index is 2.34. The molecule has 0 heterocycles. The SMILES string of the molecule is CC.Cc1ccc(N(c2ccc(-c3ccccc3)cc2)c2cccc3ccccc23)cc1.Cc1ccc2c3cccc4cccc(c5cccc1c52)c43. The summed E-state index contributed by atoms with van der Waals surface area (Å²) in [5.74, 6) is 0. The molecular formula is C52H43N. The Hall–Kier alpha value is -6.44.